The van der Waals surface area contributed by atoms with Gasteiger partial charge in [0.05, 0.1) is 17.3 Å². The Morgan fingerprint density at radius 3 is 2.45 bits per heavy atom. The van der Waals surface area contributed by atoms with E-state index in [2.05, 4.69) is 26.3 Å². The monoisotopic (exact) mass is 561 g/mol. The summed E-state index contributed by atoms with van der Waals surface area (Å²) in [4.78, 5) is 30.0. The number of hydrogen-bond acceptors (Lipinski definition) is 4. The van der Waals surface area contributed by atoms with E-state index in [1.807, 2.05) is 0 Å². The molecule has 1 aliphatic rings. The van der Waals surface area contributed by atoms with E-state index in [4.69, 9.17) is 11.6 Å². The summed E-state index contributed by atoms with van der Waals surface area (Å²) in [6, 6.07) is 3.25. The summed E-state index contributed by atoms with van der Waals surface area (Å²) in [6.45, 7) is 1.60. The van der Waals surface area contributed by atoms with Crippen molar-refractivity contribution in [3.63, 3.8) is 0 Å². The van der Waals surface area contributed by atoms with Crippen molar-refractivity contribution in [1.82, 2.24) is 15.2 Å². The Morgan fingerprint density at radius 1 is 1.18 bits per heavy atom. The molecule has 1 radical (unpaired) electrons. The molecule has 33 heavy (non-hydrogen) atoms. The maximum Gasteiger partial charge on any atom is 0.435 e. The molecule has 0 saturated heterocycles. The third-order valence-electron chi connectivity index (χ3n) is 5.20. The standard InChI is InChI=1S/C20H23ClF3N5O3.Y/c1-11-8-12(21)9-14(18(30)26-28-32-2)17(11)25-19(31)15-10-16(20(22,23)24)27-29(15)13-6-4-3-5-7-13;/h8-10,13H,3-7H2,1-2H3,(H3,25,26,27,28,30,31);/p-1. The third kappa shape index (κ3) is 6.76. The van der Waals surface area contributed by atoms with E-state index in [0.717, 1.165) is 30.0 Å². The Hall–Kier alpha value is -1.53. The minimum absolute atomic E-state index is 0. The SMILES string of the molecule is CO[N-]NC(=O)c1cc(Cl)cc(C)c1NC(=O)c1cc(C(F)(F)F)nn1C1CCCCC1.[Y]. The molecule has 1 aromatic carbocycles. The van der Waals surface area contributed by atoms with Gasteiger partial charge in [0.15, 0.2) is 5.69 Å². The predicted octanol–water partition coefficient (Wildman–Crippen LogP) is 5.20. The fourth-order valence-electron chi connectivity index (χ4n) is 3.72. The number of nitrogens with zero attached hydrogens (tertiary/aromatic N) is 3. The molecule has 0 atom stereocenters. The molecule has 8 nitrogen and oxygen atoms in total. The summed E-state index contributed by atoms with van der Waals surface area (Å²) in [7, 11) is 1.23. The zero-order chi connectivity index (χ0) is 23.5. The van der Waals surface area contributed by atoms with Crippen LogP contribution in [0.5, 0.6) is 0 Å². The van der Waals surface area contributed by atoms with Crippen LogP contribution in [0.2, 0.25) is 5.02 Å². The molecule has 2 N–H and O–H groups in total. The molecule has 1 fully saturated rings. The van der Waals surface area contributed by atoms with Crippen molar-refractivity contribution in [1.29, 1.82) is 0 Å². The van der Waals surface area contributed by atoms with Gasteiger partial charge in [0.25, 0.3) is 5.91 Å². The first kappa shape index (κ1) is 27.7. The van der Waals surface area contributed by atoms with Gasteiger partial charge in [0.2, 0.25) is 5.91 Å². The first-order chi connectivity index (χ1) is 15.1. The summed E-state index contributed by atoms with van der Waals surface area (Å²) in [6.07, 6.45) is -0.762. The van der Waals surface area contributed by atoms with Crippen molar-refractivity contribution < 1.29 is 60.3 Å². The van der Waals surface area contributed by atoms with Crippen LogP contribution in [0.4, 0.5) is 18.9 Å². The topological polar surface area (TPSA) is 99.3 Å². The molecule has 0 unspecified atom stereocenters. The van der Waals surface area contributed by atoms with E-state index in [1.54, 1.807) is 6.92 Å². The van der Waals surface area contributed by atoms with Crippen LogP contribution < -0.4 is 10.7 Å². The third-order valence-corrected chi connectivity index (χ3v) is 5.42. The van der Waals surface area contributed by atoms with E-state index in [0.29, 0.717) is 18.4 Å². The minimum atomic E-state index is -4.70. The quantitative estimate of drug-likeness (QED) is 0.474. The summed E-state index contributed by atoms with van der Waals surface area (Å²) in [5, 5.41) is 6.49. The molecule has 177 valence electrons. The van der Waals surface area contributed by atoms with Crippen molar-refractivity contribution >= 4 is 29.1 Å². The van der Waals surface area contributed by atoms with Crippen LogP contribution in [0.15, 0.2) is 18.2 Å². The van der Waals surface area contributed by atoms with E-state index in [1.165, 1.54) is 19.2 Å². The van der Waals surface area contributed by atoms with E-state index in [9.17, 15) is 22.8 Å². The molecule has 0 bridgehead atoms. The van der Waals surface area contributed by atoms with Crippen LogP contribution in [-0.2, 0) is 43.7 Å². The number of amides is 2. The van der Waals surface area contributed by atoms with Gasteiger partial charge in [-0.05, 0) is 37.5 Å². The van der Waals surface area contributed by atoms with Crippen molar-refractivity contribution in [2.24, 2.45) is 0 Å². The van der Waals surface area contributed by atoms with E-state index >= 15 is 0 Å². The second-order valence-electron chi connectivity index (χ2n) is 7.46. The number of halogens is 4. The molecule has 1 heterocycles. The van der Waals surface area contributed by atoms with Gasteiger partial charge in [0.1, 0.15) is 5.69 Å². The van der Waals surface area contributed by atoms with E-state index < -0.39 is 23.7 Å². The van der Waals surface area contributed by atoms with Crippen molar-refractivity contribution in [2.45, 2.75) is 51.2 Å². The maximum atomic E-state index is 13.3. The Morgan fingerprint density at radius 2 is 1.85 bits per heavy atom. The largest absolute Gasteiger partial charge is 0.470 e. The first-order valence-corrected chi connectivity index (χ1v) is 10.3. The zero-order valence-corrected chi connectivity index (χ0v) is 21.6. The summed E-state index contributed by atoms with van der Waals surface area (Å²) in [5.41, 5.74) is 4.56. The van der Waals surface area contributed by atoms with Crippen LogP contribution in [-0.4, -0.2) is 28.7 Å². The maximum absolute atomic E-state index is 13.3. The predicted molar refractivity (Wildman–Crippen MR) is 111 cm³/mol. The average molecular weight is 562 g/mol. The second-order valence-corrected chi connectivity index (χ2v) is 7.90. The van der Waals surface area contributed by atoms with Crippen LogP contribution >= 0.6 is 11.6 Å². The number of hydrogen-bond donors (Lipinski definition) is 2. The molecule has 1 saturated carbocycles. The zero-order valence-electron chi connectivity index (χ0n) is 18.0. The number of aryl methyl sites for hydroxylation is 1. The molecular weight excluding hydrogens is 540 g/mol. The van der Waals surface area contributed by atoms with Crippen molar-refractivity contribution in [3.8, 4) is 0 Å². The number of carbonyl (C=O) groups is 2. The molecule has 13 heteroatoms. The Balaban J connectivity index is 0.00000385. The normalized spacial score (nSPS) is 14.5. The van der Waals surface area contributed by atoms with Gasteiger partial charge >= 0.3 is 6.18 Å². The Kier molecular flexibility index (Phi) is 9.87. The van der Waals surface area contributed by atoms with Crippen molar-refractivity contribution in [3.05, 3.63) is 51.3 Å². The number of nitrogens with one attached hydrogen (secondary N) is 2. The molecule has 3 rings (SSSR count). The van der Waals surface area contributed by atoms with Gasteiger partial charge in [0, 0.05) is 50.9 Å². The van der Waals surface area contributed by atoms with Crippen LogP contribution in [0.1, 0.15) is 70.2 Å². The number of carbonyl (C=O) groups excluding carboxylic acids is 2. The number of benzene rings is 1. The Labute approximate surface area is 218 Å². The molecular formula is C20H22ClF3N5O3Y-. The van der Waals surface area contributed by atoms with Gasteiger partial charge in [-0.15, -0.1) is 0 Å². The fourth-order valence-corrected chi connectivity index (χ4v) is 3.99. The number of rotatable bonds is 6. The summed E-state index contributed by atoms with van der Waals surface area (Å²) in [5.74, 6) is -1.54. The fraction of sp³-hybridized carbons (Fsp3) is 0.450. The molecule has 2 amide bonds. The molecule has 0 aliphatic heterocycles. The Bertz CT molecular complexity index is 1010. The minimum Gasteiger partial charge on any atom is -0.470 e. The van der Waals surface area contributed by atoms with E-state index in [-0.39, 0.29) is 60.7 Å². The van der Waals surface area contributed by atoms with Crippen LogP contribution in [0, 0.1) is 6.92 Å². The summed E-state index contributed by atoms with van der Waals surface area (Å²) >= 11 is 6.04. The van der Waals surface area contributed by atoms with Gasteiger partial charge in [-0.3, -0.25) is 14.3 Å². The van der Waals surface area contributed by atoms with Gasteiger partial charge in [-0.25, -0.2) is 0 Å². The van der Waals surface area contributed by atoms with Gasteiger partial charge in [-0.1, -0.05) is 30.9 Å². The number of anilines is 1. The molecule has 2 aromatic rings. The van der Waals surface area contributed by atoms with Crippen LogP contribution in [0.25, 0.3) is 5.59 Å². The van der Waals surface area contributed by atoms with Crippen molar-refractivity contribution in [2.75, 3.05) is 12.4 Å². The first-order valence-electron chi connectivity index (χ1n) is 9.93. The second kappa shape index (κ2) is 11.7. The smallest absolute Gasteiger partial charge is 0.435 e. The van der Waals surface area contributed by atoms with Crippen LogP contribution in [0.3, 0.4) is 0 Å². The molecule has 0 spiro atoms. The van der Waals surface area contributed by atoms with Gasteiger partial charge < -0.3 is 21.2 Å². The molecule has 1 aliphatic carbocycles. The van der Waals surface area contributed by atoms with Gasteiger partial charge in [-0.2, -0.15) is 18.3 Å². The average Bonchev–Trinajstić information content (AvgIpc) is 3.20. The summed E-state index contributed by atoms with van der Waals surface area (Å²) < 4.78 is 41.2. The molecule has 1 aromatic heterocycles. The number of aromatic nitrogens is 2. The number of alkyl halides is 3.